The van der Waals surface area contributed by atoms with E-state index in [2.05, 4.69) is 59.0 Å². The lowest BCUT2D eigenvalue weighted by Gasteiger charge is -2.26. The monoisotopic (exact) mass is 257 g/mol. The van der Waals surface area contributed by atoms with Crippen molar-refractivity contribution in [3.63, 3.8) is 0 Å². The Balaban J connectivity index is 1.83. The number of aromatic nitrogens is 2. The first-order valence-corrected chi connectivity index (χ1v) is 6.81. The van der Waals surface area contributed by atoms with E-state index in [0.717, 1.165) is 19.4 Å². The van der Waals surface area contributed by atoms with Crippen LogP contribution in [0.15, 0.2) is 42.9 Å². The summed E-state index contributed by atoms with van der Waals surface area (Å²) in [6.45, 7) is 5.37. The summed E-state index contributed by atoms with van der Waals surface area (Å²) in [4.78, 5) is 4.14. The maximum absolute atomic E-state index is 4.14. The third kappa shape index (κ3) is 4.21. The first-order valence-electron chi connectivity index (χ1n) is 6.81. The Morgan fingerprint density at radius 3 is 2.58 bits per heavy atom. The number of benzene rings is 1. The minimum atomic E-state index is 0.125. The molecule has 0 aliphatic carbocycles. The van der Waals surface area contributed by atoms with Crippen LogP contribution in [0.2, 0.25) is 0 Å². The predicted octanol–water partition coefficient (Wildman–Crippen LogP) is 2.92. The first kappa shape index (κ1) is 13.8. The average molecular weight is 257 g/mol. The summed E-state index contributed by atoms with van der Waals surface area (Å²) in [6.07, 6.45) is 5.98. The van der Waals surface area contributed by atoms with Crippen molar-refractivity contribution in [2.24, 2.45) is 7.05 Å². The zero-order valence-electron chi connectivity index (χ0n) is 12.1. The lowest BCUT2D eigenvalue weighted by Crippen LogP contribution is -2.39. The van der Waals surface area contributed by atoms with Gasteiger partial charge in [-0.05, 0) is 32.3 Å². The van der Waals surface area contributed by atoms with Crippen LogP contribution in [0.3, 0.4) is 0 Å². The van der Waals surface area contributed by atoms with Crippen molar-refractivity contribution in [2.75, 3.05) is 0 Å². The Bertz CT molecular complexity index is 500. The van der Waals surface area contributed by atoms with E-state index in [0.29, 0.717) is 0 Å². The van der Waals surface area contributed by atoms with Crippen molar-refractivity contribution in [3.05, 3.63) is 54.1 Å². The van der Waals surface area contributed by atoms with E-state index in [-0.39, 0.29) is 5.54 Å². The molecule has 1 aromatic heterocycles. The number of imidazole rings is 1. The van der Waals surface area contributed by atoms with E-state index in [1.165, 1.54) is 11.3 Å². The van der Waals surface area contributed by atoms with Crippen LogP contribution < -0.4 is 5.32 Å². The van der Waals surface area contributed by atoms with Gasteiger partial charge in [0.2, 0.25) is 0 Å². The SMILES string of the molecule is Cn1cncc1CNC(C)(C)CCc1ccccc1. The van der Waals surface area contributed by atoms with Gasteiger partial charge >= 0.3 is 0 Å². The average Bonchev–Trinajstić information content (AvgIpc) is 2.81. The van der Waals surface area contributed by atoms with Crippen molar-refractivity contribution >= 4 is 0 Å². The molecule has 19 heavy (non-hydrogen) atoms. The molecule has 0 saturated heterocycles. The normalized spacial score (nSPS) is 11.7. The van der Waals surface area contributed by atoms with Crippen LogP contribution in [-0.2, 0) is 20.0 Å². The number of rotatable bonds is 6. The molecule has 2 rings (SSSR count). The summed E-state index contributed by atoms with van der Waals surface area (Å²) in [5.74, 6) is 0. The Morgan fingerprint density at radius 1 is 1.21 bits per heavy atom. The van der Waals surface area contributed by atoms with Gasteiger partial charge in [-0.1, -0.05) is 30.3 Å². The standard InChI is InChI=1S/C16H23N3/c1-16(2,10-9-14-7-5-4-6-8-14)18-12-15-11-17-13-19(15)3/h4-8,11,13,18H,9-10,12H2,1-3H3. The van der Waals surface area contributed by atoms with E-state index in [1.807, 2.05) is 19.6 Å². The quantitative estimate of drug-likeness (QED) is 0.862. The second-order valence-corrected chi connectivity index (χ2v) is 5.72. The molecule has 1 heterocycles. The molecule has 0 unspecified atom stereocenters. The highest BCUT2D eigenvalue weighted by molar-refractivity contribution is 5.15. The molecule has 0 atom stereocenters. The molecule has 102 valence electrons. The van der Waals surface area contributed by atoms with Crippen LogP contribution in [0.4, 0.5) is 0 Å². The molecular weight excluding hydrogens is 234 g/mol. The zero-order chi connectivity index (χ0) is 13.7. The maximum atomic E-state index is 4.14. The van der Waals surface area contributed by atoms with E-state index in [4.69, 9.17) is 0 Å². The highest BCUT2D eigenvalue weighted by Gasteiger charge is 2.17. The molecule has 0 bridgehead atoms. The molecule has 0 aliphatic rings. The molecule has 0 fully saturated rings. The van der Waals surface area contributed by atoms with Crippen LogP contribution in [-0.4, -0.2) is 15.1 Å². The smallest absolute Gasteiger partial charge is 0.0945 e. The summed E-state index contributed by atoms with van der Waals surface area (Å²) in [7, 11) is 2.03. The van der Waals surface area contributed by atoms with Crippen molar-refractivity contribution in [1.82, 2.24) is 14.9 Å². The topological polar surface area (TPSA) is 29.9 Å². The Kier molecular flexibility index (Phi) is 4.38. The predicted molar refractivity (Wildman–Crippen MR) is 78.9 cm³/mol. The molecule has 0 radical (unpaired) electrons. The molecule has 3 nitrogen and oxygen atoms in total. The van der Waals surface area contributed by atoms with Crippen LogP contribution >= 0.6 is 0 Å². The lowest BCUT2D eigenvalue weighted by molar-refractivity contribution is 0.356. The Hall–Kier alpha value is -1.61. The molecule has 1 N–H and O–H groups in total. The first-order chi connectivity index (χ1) is 9.07. The number of hydrogen-bond donors (Lipinski definition) is 1. The van der Waals surface area contributed by atoms with Crippen LogP contribution in [0.25, 0.3) is 0 Å². The van der Waals surface area contributed by atoms with Crippen molar-refractivity contribution in [3.8, 4) is 0 Å². The van der Waals surface area contributed by atoms with Gasteiger partial charge < -0.3 is 9.88 Å². The number of aryl methyl sites for hydroxylation is 2. The lowest BCUT2D eigenvalue weighted by atomic mass is 9.95. The summed E-state index contributed by atoms with van der Waals surface area (Å²) >= 11 is 0. The van der Waals surface area contributed by atoms with Gasteiger partial charge in [0.1, 0.15) is 0 Å². The number of nitrogens with one attached hydrogen (secondary N) is 1. The number of hydrogen-bond acceptors (Lipinski definition) is 2. The highest BCUT2D eigenvalue weighted by atomic mass is 15.1. The van der Waals surface area contributed by atoms with Gasteiger partial charge in [-0.15, -0.1) is 0 Å². The Labute approximate surface area is 115 Å². The minimum Gasteiger partial charge on any atom is -0.337 e. The fourth-order valence-electron chi connectivity index (χ4n) is 2.07. The van der Waals surface area contributed by atoms with Crippen LogP contribution in [0, 0.1) is 0 Å². The van der Waals surface area contributed by atoms with E-state index in [9.17, 15) is 0 Å². The second-order valence-electron chi connectivity index (χ2n) is 5.72. The van der Waals surface area contributed by atoms with Gasteiger partial charge in [0, 0.05) is 25.3 Å². The van der Waals surface area contributed by atoms with Gasteiger partial charge in [-0.25, -0.2) is 4.98 Å². The van der Waals surface area contributed by atoms with Gasteiger partial charge in [0.25, 0.3) is 0 Å². The van der Waals surface area contributed by atoms with Crippen LogP contribution in [0.1, 0.15) is 31.5 Å². The van der Waals surface area contributed by atoms with Crippen molar-refractivity contribution in [2.45, 2.75) is 38.8 Å². The van der Waals surface area contributed by atoms with Gasteiger partial charge in [-0.2, -0.15) is 0 Å². The molecule has 0 saturated carbocycles. The molecule has 1 aromatic carbocycles. The summed E-state index contributed by atoms with van der Waals surface area (Å²) in [5, 5.41) is 3.61. The minimum absolute atomic E-state index is 0.125. The summed E-state index contributed by atoms with van der Waals surface area (Å²) < 4.78 is 2.06. The largest absolute Gasteiger partial charge is 0.337 e. The van der Waals surface area contributed by atoms with E-state index >= 15 is 0 Å². The zero-order valence-corrected chi connectivity index (χ0v) is 12.1. The van der Waals surface area contributed by atoms with E-state index < -0.39 is 0 Å². The number of nitrogens with zero attached hydrogens (tertiary/aromatic N) is 2. The van der Waals surface area contributed by atoms with Gasteiger partial charge in [-0.3, -0.25) is 0 Å². The van der Waals surface area contributed by atoms with Gasteiger partial charge in [0.05, 0.1) is 12.0 Å². The summed E-state index contributed by atoms with van der Waals surface area (Å²) in [6, 6.07) is 10.7. The highest BCUT2D eigenvalue weighted by Crippen LogP contribution is 2.14. The van der Waals surface area contributed by atoms with E-state index in [1.54, 1.807) is 0 Å². The third-order valence-corrected chi connectivity index (χ3v) is 3.55. The van der Waals surface area contributed by atoms with Crippen molar-refractivity contribution in [1.29, 1.82) is 0 Å². The molecule has 3 heteroatoms. The molecular formula is C16H23N3. The van der Waals surface area contributed by atoms with Crippen LogP contribution in [0.5, 0.6) is 0 Å². The molecule has 0 spiro atoms. The summed E-state index contributed by atoms with van der Waals surface area (Å²) in [5.41, 5.74) is 2.74. The third-order valence-electron chi connectivity index (χ3n) is 3.55. The van der Waals surface area contributed by atoms with Crippen molar-refractivity contribution < 1.29 is 0 Å². The van der Waals surface area contributed by atoms with Gasteiger partial charge in [0.15, 0.2) is 0 Å². The molecule has 0 aliphatic heterocycles. The fraction of sp³-hybridized carbons (Fsp3) is 0.438. The maximum Gasteiger partial charge on any atom is 0.0945 e. The molecule has 2 aromatic rings. The fourth-order valence-corrected chi connectivity index (χ4v) is 2.07. The second kappa shape index (κ2) is 6.02. The molecule has 0 amide bonds. The Morgan fingerprint density at radius 2 is 1.95 bits per heavy atom.